The predicted octanol–water partition coefficient (Wildman–Crippen LogP) is 1.14. The van der Waals surface area contributed by atoms with E-state index in [1.165, 1.54) is 32.4 Å². The number of hydroxylamine groups is 1. The molecule has 2 aromatic carbocycles. The van der Waals surface area contributed by atoms with Crippen molar-refractivity contribution in [1.29, 1.82) is 0 Å². The number of rotatable bonds is 6. The second-order valence-corrected chi connectivity index (χ2v) is 7.95. The average Bonchev–Trinajstić information content (AvgIpc) is 2.71. The van der Waals surface area contributed by atoms with E-state index in [4.69, 9.17) is 14.7 Å². The van der Waals surface area contributed by atoms with Gasteiger partial charge in [-0.2, -0.15) is 0 Å². The van der Waals surface area contributed by atoms with E-state index < -0.39 is 22.0 Å². The highest BCUT2D eigenvalue weighted by atomic mass is 32.2. The monoisotopic (exact) mass is 407 g/mol. The van der Waals surface area contributed by atoms with Gasteiger partial charge in [-0.05, 0) is 42.3 Å². The molecule has 1 unspecified atom stereocenters. The lowest BCUT2D eigenvalue weighted by Crippen LogP contribution is -2.43. The van der Waals surface area contributed by atoms with Gasteiger partial charge < -0.3 is 14.8 Å². The molecule has 10 heteroatoms. The lowest BCUT2D eigenvalue weighted by molar-refractivity contribution is 0.0706. The molecule has 3 rings (SSSR count). The third-order valence-corrected chi connectivity index (χ3v) is 5.98. The highest BCUT2D eigenvalue weighted by Crippen LogP contribution is 2.30. The normalized spacial score (nSPS) is 15.9. The Bertz CT molecular complexity index is 993. The number of sulfonamides is 1. The lowest BCUT2D eigenvalue weighted by Gasteiger charge is -2.27. The Morgan fingerprint density at radius 3 is 2.57 bits per heavy atom. The highest BCUT2D eigenvalue weighted by Gasteiger charge is 2.25. The van der Waals surface area contributed by atoms with Crippen molar-refractivity contribution in [3.05, 3.63) is 47.5 Å². The summed E-state index contributed by atoms with van der Waals surface area (Å²) in [6.45, 7) is 0.394. The van der Waals surface area contributed by atoms with Crippen LogP contribution in [-0.4, -0.2) is 46.3 Å². The Hall–Kier alpha value is -2.82. The number of anilines is 1. The summed E-state index contributed by atoms with van der Waals surface area (Å²) in [6, 6.07) is 8.86. The third-order valence-electron chi connectivity index (χ3n) is 4.46. The molecule has 0 aromatic heterocycles. The van der Waals surface area contributed by atoms with Gasteiger partial charge in [0.15, 0.2) is 11.5 Å². The largest absolute Gasteiger partial charge is 0.493 e. The van der Waals surface area contributed by atoms with Crippen molar-refractivity contribution in [3.63, 3.8) is 0 Å². The summed E-state index contributed by atoms with van der Waals surface area (Å²) in [5, 5.41) is 11.9. The van der Waals surface area contributed by atoms with Gasteiger partial charge in [0, 0.05) is 29.9 Å². The van der Waals surface area contributed by atoms with E-state index in [-0.39, 0.29) is 10.5 Å². The standard InChI is InChI=1S/C18H21N3O6S/c1-26-16-6-4-14(9-17(16)27-2)28(24,25)21-13-8-12-7-11(18(22)20-23)3-5-15(12)19-10-13/h3-7,9,13,19,21,23H,8,10H2,1-2H3,(H,20,22). The molecule has 0 fully saturated rings. The maximum Gasteiger partial charge on any atom is 0.274 e. The van der Waals surface area contributed by atoms with Gasteiger partial charge in [0.25, 0.3) is 5.91 Å². The number of fused-ring (bicyclic) bond motifs is 1. The smallest absolute Gasteiger partial charge is 0.274 e. The molecule has 9 nitrogen and oxygen atoms in total. The molecule has 1 atom stereocenters. The second-order valence-electron chi connectivity index (χ2n) is 6.23. The number of benzene rings is 2. The second kappa shape index (κ2) is 8.05. The van der Waals surface area contributed by atoms with E-state index in [0.717, 1.165) is 11.3 Å². The zero-order valence-corrected chi connectivity index (χ0v) is 16.2. The first kappa shape index (κ1) is 19.9. The van der Waals surface area contributed by atoms with Crippen LogP contribution in [0.2, 0.25) is 0 Å². The fraction of sp³-hybridized carbons (Fsp3) is 0.278. The molecule has 0 saturated carbocycles. The molecule has 0 saturated heterocycles. The van der Waals surface area contributed by atoms with Crippen LogP contribution < -0.4 is 25.0 Å². The van der Waals surface area contributed by atoms with Crippen LogP contribution in [0.1, 0.15) is 15.9 Å². The highest BCUT2D eigenvalue weighted by molar-refractivity contribution is 7.89. The Kier molecular flexibility index (Phi) is 5.73. The minimum atomic E-state index is -3.80. The molecule has 0 aliphatic carbocycles. The zero-order valence-electron chi connectivity index (χ0n) is 15.4. The number of hydrogen-bond donors (Lipinski definition) is 4. The summed E-state index contributed by atoms with van der Waals surface area (Å²) < 4.78 is 38.5. The number of carbonyl (C=O) groups excluding carboxylic acids is 1. The van der Waals surface area contributed by atoms with E-state index >= 15 is 0 Å². The number of ether oxygens (including phenoxy) is 2. The summed E-state index contributed by atoms with van der Waals surface area (Å²) in [5.41, 5.74) is 3.46. The van der Waals surface area contributed by atoms with E-state index in [9.17, 15) is 13.2 Å². The van der Waals surface area contributed by atoms with Crippen LogP contribution in [0.4, 0.5) is 5.69 Å². The Balaban J connectivity index is 1.80. The summed E-state index contributed by atoms with van der Waals surface area (Å²) in [4.78, 5) is 11.7. The molecule has 2 aromatic rings. The third kappa shape index (κ3) is 4.03. The SMILES string of the molecule is COc1ccc(S(=O)(=O)NC2CNc3ccc(C(=O)NO)cc3C2)cc1OC. The summed E-state index contributed by atoms with van der Waals surface area (Å²) >= 11 is 0. The summed E-state index contributed by atoms with van der Waals surface area (Å²) in [5.74, 6) is 0.123. The molecule has 1 amide bonds. The predicted molar refractivity (Wildman–Crippen MR) is 102 cm³/mol. The van der Waals surface area contributed by atoms with Gasteiger partial charge in [0.05, 0.1) is 19.1 Å². The Labute approximate surface area is 162 Å². The average molecular weight is 407 g/mol. The van der Waals surface area contributed by atoms with Crippen molar-refractivity contribution < 1.29 is 27.9 Å². The van der Waals surface area contributed by atoms with Crippen molar-refractivity contribution in [2.75, 3.05) is 26.1 Å². The van der Waals surface area contributed by atoms with Crippen molar-refractivity contribution >= 4 is 21.6 Å². The minimum absolute atomic E-state index is 0.0596. The molecule has 28 heavy (non-hydrogen) atoms. The Morgan fingerprint density at radius 2 is 1.89 bits per heavy atom. The first-order chi connectivity index (χ1) is 13.4. The summed E-state index contributed by atoms with van der Waals surface area (Å²) in [6.07, 6.45) is 0.390. The maximum atomic E-state index is 12.8. The maximum absolute atomic E-state index is 12.8. The van der Waals surface area contributed by atoms with Gasteiger partial charge in [-0.25, -0.2) is 18.6 Å². The molecule has 1 aliphatic heterocycles. The van der Waals surface area contributed by atoms with Gasteiger partial charge in [-0.15, -0.1) is 0 Å². The number of nitrogens with one attached hydrogen (secondary N) is 3. The molecule has 1 aliphatic rings. The minimum Gasteiger partial charge on any atom is -0.493 e. The van der Waals surface area contributed by atoms with Crippen LogP contribution in [0.15, 0.2) is 41.3 Å². The van der Waals surface area contributed by atoms with Crippen LogP contribution >= 0.6 is 0 Å². The fourth-order valence-electron chi connectivity index (χ4n) is 3.07. The van der Waals surface area contributed by atoms with Crippen molar-refractivity contribution in [2.45, 2.75) is 17.4 Å². The quantitative estimate of drug-likeness (QED) is 0.418. The molecule has 1 heterocycles. The number of carbonyl (C=O) groups is 1. The molecular formula is C18H21N3O6S. The van der Waals surface area contributed by atoms with E-state index in [2.05, 4.69) is 10.0 Å². The first-order valence-corrected chi connectivity index (χ1v) is 9.92. The van der Waals surface area contributed by atoms with Gasteiger partial charge >= 0.3 is 0 Å². The number of methoxy groups -OCH3 is 2. The van der Waals surface area contributed by atoms with Crippen LogP contribution in [0.25, 0.3) is 0 Å². The van der Waals surface area contributed by atoms with Crippen molar-refractivity contribution in [3.8, 4) is 11.5 Å². The molecule has 0 radical (unpaired) electrons. The van der Waals surface area contributed by atoms with E-state index in [1.54, 1.807) is 23.7 Å². The molecule has 150 valence electrons. The molecule has 0 bridgehead atoms. The first-order valence-electron chi connectivity index (χ1n) is 8.43. The summed E-state index contributed by atoms with van der Waals surface area (Å²) in [7, 11) is -0.889. The topological polar surface area (TPSA) is 126 Å². The molecule has 4 N–H and O–H groups in total. The lowest BCUT2D eigenvalue weighted by atomic mass is 9.98. The van der Waals surface area contributed by atoms with Crippen LogP contribution in [0.3, 0.4) is 0 Å². The van der Waals surface area contributed by atoms with Crippen molar-refractivity contribution in [2.24, 2.45) is 0 Å². The van der Waals surface area contributed by atoms with Gasteiger partial charge in [0.1, 0.15) is 0 Å². The van der Waals surface area contributed by atoms with Gasteiger partial charge in [-0.3, -0.25) is 10.0 Å². The number of amides is 1. The van der Waals surface area contributed by atoms with Crippen LogP contribution in [0, 0.1) is 0 Å². The van der Waals surface area contributed by atoms with Gasteiger partial charge in [0.2, 0.25) is 10.0 Å². The van der Waals surface area contributed by atoms with E-state index in [1.807, 2.05) is 0 Å². The zero-order chi connectivity index (χ0) is 20.3. The van der Waals surface area contributed by atoms with Crippen molar-refractivity contribution in [1.82, 2.24) is 10.2 Å². The van der Waals surface area contributed by atoms with Crippen LogP contribution in [0.5, 0.6) is 11.5 Å². The molecule has 0 spiro atoms. The number of hydrogen-bond acceptors (Lipinski definition) is 7. The Morgan fingerprint density at radius 1 is 1.14 bits per heavy atom. The van der Waals surface area contributed by atoms with E-state index in [0.29, 0.717) is 24.5 Å². The van der Waals surface area contributed by atoms with Gasteiger partial charge in [-0.1, -0.05) is 0 Å². The van der Waals surface area contributed by atoms with Crippen LogP contribution in [-0.2, 0) is 16.4 Å². The fourth-order valence-corrected chi connectivity index (χ4v) is 4.32. The molecular weight excluding hydrogens is 386 g/mol.